The Hall–Kier alpha value is -1.89. The molecule has 2 aromatic carbocycles. The molecule has 0 saturated carbocycles. The molecule has 0 unspecified atom stereocenters. The molecule has 1 amide bonds. The Morgan fingerprint density at radius 3 is 2.52 bits per heavy atom. The molecule has 0 aliphatic rings. The molecule has 0 saturated heterocycles. The summed E-state index contributed by atoms with van der Waals surface area (Å²) in [6.45, 7) is 2.03. The van der Waals surface area contributed by atoms with Crippen LogP contribution in [0.2, 0.25) is 0 Å². The van der Waals surface area contributed by atoms with Crippen LogP contribution in [0.15, 0.2) is 48.5 Å². The lowest BCUT2D eigenvalue weighted by atomic mass is 10.1. The Morgan fingerprint density at radius 1 is 1.14 bits per heavy atom. The number of nitrogens with one attached hydrogen (secondary N) is 1. The third-order valence-corrected chi connectivity index (χ3v) is 3.43. The van der Waals surface area contributed by atoms with Crippen LogP contribution >= 0.6 is 22.6 Å². The fraction of sp³-hybridized carbons (Fsp3) is 0.125. The van der Waals surface area contributed by atoms with Gasteiger partial charge in [0.2, 0.25) is 0 Å². The van der Waals surface area contributed by atoms with Gasteiger partial charge in [-0.3, -0.25) is 4.79 Å². The summed E-state index contributed by atoms with van der Waals surface area (Å²) in [6.07, 6.45) is 0. The summed E-state index contributed by atoms with van der Waals surface area (Å²) in [5.74, 6) is -0.707. The van der Waals surface area contributed by atoms with E-state index in [-0.39, 0.29) is 12.5 Å². The molecule has 0 radical (unpaired) electrons. The first-order valence-electron chi connectivity index (χ1n) is 6.45. The normalized spacial score (nSPS) is 10.0. The van der Waals surface area contributed by atoms with Crippen LogP contribution in [0.1, 0.15) is 27.6 Å². The van der Waals surface area contributed by atoms with Gasteiger partial charge in [-0.05, 0) is 59.8 Å². The Morgan fingerprint density at radius 2 is 1.86 bits per heavy atom. The lowest BCUT2D eigenvalue weighted by Crippen LogP contribution is -2.16. The van der Waals surface area contributed by atoms with Crippen molar-refractivity contribution in [1.29, 1.82) is 0 Å². The van der Waals surface area contributed by atoms with Crippen molar-refractivity contribution in [2.75, 3.05) is 11.9 Å². The number of carbonyl (C=O) groups excluding carboxylic acids is 2. The average Bonchev–Trinajstić information content (AvgIpc) is 2.50. The highest BCUT2D eigenvalue weighted by Gasteiger charge is 2.15. The summed E-state index contributed by atoms with van der Waals surface area (Å²) < 4.78 is 5.91. The minimum Gasteiger partial charge on any atom is -0.462 e. The first kappa shape index (κ1) is 15.5. The van der Waals surface area contributed by atoms with Gasteiger partial charge in [-0.2, -0.15) is 0 Å². The second kappa shape index (κ2) is 7.21. The van der Waals surface area contributed by atoms with E-state index in [4.69, 9.17) is 4.74 Å². The number of carbonyl (C=O) groups is 2. The number of ether oxygens (including phenoxy) is 1. The molecule has 4 nitrogen and oxygen atoms in total. The molecular weight excluding hydrogens is 381 g/mol. The molecule has 0 spiro atoms. The van der Waals surface area contributed by atoms with Gasteiger partial charge in [-0.1, -0.05) is 18.2 Å². The van der Waals surface area contributed by atoms with Crippen molar-refractivity contribution >= 4 is 40.2 Å². The summed E-state index contributed by atoms with van der Waals surface area (Å²) in [4.78, 5) is 24.1. The zero-order chi connectivity index (χ0) is 15.2. The maximum absolute atomic E-state index is 12.2. The van der Waals surface area contributed by atoms with E-state index in [1.165, 1.54) is 0 Å². The van der Waals surface area contributed by atoms with Gasteiger partial charge in [0.15, 0.2) is 0 Å². The first-order valence-corrected chi connectivity index (χ1v) is 7.52. The van der Waals surface area contributed by atoms with Crippen LogP contribution in [0.4, 0.5) is 5.69 Å². The highest BCUT2D eigenvalue weighted by atomic mass is 127. The minimum atomic E-state index is -0.445. The van der Waals surface area contributed by atoms with Crippen molar-refractivity contribution in [2.24, 2.45) is 0 Å². The zero-order valence-corrected chi connectivity index (χ0v) is 13.6. The fourth-order valence-corrected chi connectivity index (χ4v) is 2.28. The van der Waals surface area contributed by atoms with Crippen molar-refractivity contribution in [3.63, 3.8) is 0 Å². The van der Waals surface area contributed by atoms with Gasteiger partial charge < -0.3 is 10.1 Å². The standard InChI is InChI=1S/C16H14INO3/c1-2-21-16(20)13-10-12(17)8-9-14(13)18-15(19)11-6-4-3-5-7-11/h3-10H,2H2,1H3,(H,18,19). The van der Waals surface area contributed by atoms with Crippen molar-refractivity contribution in [3.05, 3.63) is 63.2 Å². The van der Waals surface area contributed by atoms with E-state index in [0.717, 1.165) is 3.57 Å². The van der Waals surface area contributed by atoms with Crippen LogP contribution in [-0.2, 0) is 4.74 Å². The highest BCUT2D eigenvalue weighted by Crippen LogP contribution is 2.21. The van der Waals surface area contributed by atoms with Crippen LogP contribution in [0, 0.1) is 3.57 Å². The van der Waals surface area contributed by atoms with Crippen molar-refractivity contribution in [2.45, 2.75) is 6.92 Å². The number of amides is 1. The molecular formula is C16H14INO3. The van der Waals surface area contributed by atoms with Gasteiger partial charge in [0, 0.05) is 9.13 Å². The molecule has 2 aromatic rings. The smallest absolute Gasteiger partial charge is 0.340 e. The lowest BCUT2D eigenvalue weighted by molar-refractivity contribution is 0.0527. The molecule has 1 N–H and O–H groups in total. The van der Waals surface area contributed by atoms with Gasteiger partial charge in [-0.15, -0.1) is 0 Å². The molecule has 0 atom stereocenters. The summed E-state index contributed by atoms with van der Waals surface area (Å²) in [5, 5.41) is 2.75. The highest BCUT2D eigenvalue weighted by molar-refractivity contribution is 14.1. The van der Waals surface area contributed by atoms with Gasteiger partial charge in [0.1, 0.15) is 0 Å². The molecule has 0 aliphatic carbocycles. The van der Waals surface area contributed by atoms with E-state index in [0.29, 0.717) is 16.8 Å². The monoisotopic (exact) mass is 395 g/mol. The summed E-state index contributed by atoms with van der Waals surface area (Å²) in [6, 6.07) is 14.1. The quantitative estimate of drug-likeness (QED) is 0.634. The second-order valence-electron chi connectivity index (χ2n) is 4.23. The van der Waals surface area contributed by atoms with E-state index >= 15 is 0 Å². The topological polar surface area (TPSA) is 55.4 Å². The van der Waals surface area contributed by atoms with Gasteiger partial charge >= 0.3 is 5.97 Å². The molecule has 0 aliphatic heterocycles. The Labute approximate surface area is 136 Å². The number of hydrogen-bond donors (Lipinski definition) is 1. The number of esters is 1. The zero-order valence-electron chi connectivity index (χ0n) is 11.4. The Bertz CT molecular complexity index is 656. The van der Waals surface area contributed by atoms with Gasteiger partial charge in [0.05, 0.1) is 17.9 Å². The number of hydrogen-bond acceptors (Lipinski definition) is 3. The number of halogens is 1. The molecule has 0 heterocycles. The molecule has 0 fully saturated rings. The number of anilines is 1. The third-order valence-electron chi connectivity index (χ3n) is 2.76. The van der Waals surface area contributed by atoms with Gasteiger partial charge in [-0.25, -0.2) is 4.79 Å². The summed E-state index contributed by atoms with van der Waals surface area (Å²) in [7, 11) is 0. The molecule has 5 heteroatoms. The Kier molecular flexibility index (Phi) is 5.32. The summed E-state index contributed by atoms with van der Waals surface area (Å²) in [5.41, 5.74) is 1.33. The molecule has 0 bridgehead atoms. The van der Waals surface area contributed by atoms with Gasteiger partial charge in [0.25, 0.3) is 5.91 Å². The van der Waals surface area contributed by atoms with E-state index in [9.17, 15) is 9.59 Å². The second-order valence-corrected chi connectivity index (χ2v) is 5.48. The fourth-order valence-electron chi connectivity index (χ4n) is 1.79. The predicted octanol–water partition coefficient (Wildman–Crippen LogP) is 3.72. The lowest BCUT2D eigenvalue weighted by Gasteiger charge is -2.11. The van der Waals surface area contributed by atoms with Crippen LogP contribution in [0.25, 0.3) is 0 Å². The van der Waals surface area contributed by atoms with Crippen LogP contribution in [0.5, 0.6) is 0 Å². The largest absolute Gasteiger partial charge is 0.462 e. The van der Waals surface area contributed by atoms with Crippen LogP contribution in [0.3, 0.4) is 0 Å². The maximum atomic E-state index is 12.2. The average molecular weight is 395 g/mol. The molecule has 108 valence electrons. The van der Waals surface area contributed by atoms with Crippen molar-refractivity contribution in [1.82, 2.24) is 0 Å². The Balaban J connectivity index is 2.27. The number of rotatable bonds is 4. The van der Waals surface area contributed by atoms with E-state index in [1.807, 2.05) is 12.1 Å². The van der Waals surface area contributed by atoms with Crippen molar-refractivity contribution < 1.29 is 14.3 Å². The summed E-state index contributed by atoms with van der Waals surface area (Å²) >= 11 is 2.11. The van der Waals surface area contributed by atoms with E-state index in [2.05, 4.69) is 27.9 Å². The minimum absolute atomic E-state index is 0.262. The molecule has 0 aromatic heterocycles. The SMILES string of the molecule is CCOC(=O)c1cc(I)ccc1NC(=O)c1ccccc1. The van der Waals surface area contributed by atoms with Crippen molar-refractivity contribution in [3.8, 4) is 0 Å². The number of benzene rings is 2. The maximum Gasteiger partial charge on any atom is 0.340 e. The van der Waals surface area contributed by atoms with E-state index in [1.54, 1.807) is 43.3 Å². The third kappa shape index (κ3) is 4.04. The van der Waals surface area contributed by atoms with Crippen LogP contribution < -0.4 is 5.32 Å². The predicted molar refractivity (Wildman–Crippen MR) is 89.5 cm³/mol. The van der Waals surface area contributed by atoms with Crippen LogP contribution in [-0.4, -0.2) is 18.5 Å². The molecule has 21 heavy (non-hydrogen) atoms. The first-order chi connectivity index (χ1) is 10.1. The van der Waals surface area contributed by atoms with E-state index < -0.39 is 5.97 Å². The molecule has 2 rings (SSSR count).